The summed E-state index contributed by atoms with van der Waals surface area (Å²) in [6.07, 6.45) is 2.40. The summed E-state index contributed by atoms with van der Waals surface area (Å²) < 4.78 is 0. The minimum Gasteiger partial charge on any atom is -0.392 e. The van der Waals surface area contributed by atoms with Crippen molar-refractivity contribution in [1.29, 1.82) is 0 Å². The molecule has 0 aromatic heterocycles. The Morgan fingerprint density at radius 1 is 1.39 bits per heavy atom. The van der Waals surface area contributed by atoms with E-state index in [1.807, 2.05) is 37.3 Å². The average molecular weight is 262 g/mol. The van der Waals surface area contributed by atoms with Gasteiger partial charge in [0.05, 0.1) is 4.99 Å². The molecule has 3 N–H and O–H groups in total. The van der Waals surface area contributed by atoms with Gasteiger partial charge in [0.25, 0.3) is 0 Å². The van der Waals surface area contributed by atoms with Gasteiger partial charge in [-0.2, -0.15) is 0 Å². The van der Waals surface area contributed by atoms with Crippen molar-refractivity contribution in [2.24, 2.45) is 11.7 Å². The molecule has 0 radical (unpaired) electrons. The van der Waals surface area contributed by atoms with Gasteiger partial charge in [-0.3, -0.25) is 4.79 Å². The number of nitrogens with one attached hydrogen (secondary N) is 1. The normalized spacial score (nSPS) is 17.8. The highest BCUT2D eigenvalue weighted by Gasteiger charge is 2.31. The summed E-state index contributed by atoms with van der Waals surface area (Å²) in [4.78, 5) is 12.5. The lowest BCUT2D eigenvalue weighted by molar-refractivity contribution is -0.121. The van der Waals surface area contributed by atoms with Crippen molar-refractivity contribution in [2.75, 3.05) is 0 Å². The summed E-state index contributed by atoms with van der Waals surface area (Å²) in [5.74, 6) is 0.00668. The molecule has 1 aliphatic carbocycles. The van der Waals surface area contributed by atoms with E-state index in [1.165, 1.54) is 12.8 Å². The van der Waals surface area contributed by atoms with Crippen LogP contribution in [-0.2, 0) is 4.79 Å². The van der Waals surface area contributed by atoms with E-state index in [0.29, 0.717) is 5.92 Å². The van der Waals surface area contributed by atoms with Crippen molar-refractivity contribution in [3.05, 3.63) is 35.9 Å². The smallest absolute Gasteiger partial charge is 0.234 e. The first-order valence-corrected chi connectivity index (χ1v) is 6.65. The second kappa shape index (κ2) is 5.48. The molecule has 0 spiro atoms. The molecule has 2 atom stereocenters. The first-order chi connectivity index (χ1) is 8.59. The summed E-state index contributed by atoms with van der Waals surface area (Å²) in [7, 11) is 0. The van der Waals surface area contributed by atoms with Gasteiger partial charge < -0.3 is 11.1 Å². The third-order valence-corrected chi connectivity index (χ3v) is 3.61. The predicted octanol–water partition coefficient (Wildman–Crippen LogP) is 1.97. The van der Waals surface area contributed by atoms with Gasteiger partial charge in [-0.25, -0.2) is 0 Å². The van der Waals surface area contributed by atoms with Crippen LogP contribution in [0, 0.1) is 5.92 Å². The van der Waals surface area contributed by atoms with Gasteiger partial charge in [0.2, 0.25) is 5.91 Å². The number of thiocarbonyl (C=S) groups is 1. The van der Waals surface area contributed by atoms with E-state index in [1.54, 1.807) is 0 Å². The van der Waals surface area contributed by atoms with Crippen molar-refractivity contribution in [3.63, 3.8) is 0 Å². The number of nitrogens with two attached hydrogens (primary N) is 1. The van der Waals surface area contributed by atoms with Crippen LogP contribution in [0.1, 0.15) is 31.2 Å². The Hall–Kier alpha value is -1.42. The summed E-state index contributed by atoms with van der Waals surface area (Å²) in [5, 5.41) is 3.02. The van der Waals surface area contributed by atoms with Crippen LogP contribution in [0.5, 0.6) is 0 Å². The molecule has 1 aliphatic rings. The van der Waals surface area contributed by atoms with E-state index in [0.717, 1.165) is 5.56 Å². The van der Waals surface area contributed by atoms with Crippen molar-refractivity contribution >= 4 is 23.1 Å². The van der Waals surface area contributed by atoms with Crippen LogP contribution in [0.25, 0.3) is 0 Å². The lowest BCUT2D eigenvalue weighted by atomic mass is 9.97. The highest BCUT2D eigenvalue weighted by molar-refractivity contribution is 7.80. The molecule has 4 heteroatoms. The standard InChI is InChI=1S/C14H18N2OS/c1-9(10-7-8-10)16-14(17)12(13(15)18)11-5-3-2-4-6-11/h2-6,9-10,12H,7-8H2,1H3,(H2,15,18)(H,16,17). The number of carbonyl (C=O) groups excluding carboxylic acids is 1. The number of amides is 1. The second-order valence-corrected chi connectivity index (χ2v) is 5.35. The SMILES string of the molecule is CC(NC(=O)C(C(N)=S)c1ccccc1)C1CC1. The van der Waals surface area contributed by atoms with Crippen molar-refractivity contribution in [3.8, 4) is 0 Å². The van der Waals surface area contributed by atoms with Gasteiger partial charge in [0.15, 0.2) is 0 Å². The maximum absolute atomic E-state index is 12.2. The van der Waals surface area contributed by atoms with Crippen LogP contribution in [0.15, 0.2) is 30.3 Å². The van der Waals surface area contributed by atoms with Crippen LogP contribution >= 0.6 is 12.2 Å². The van der Waals surface area contributed by atoms with Crippen LogP contribution in [-0.4, -0.2) is 16.9 Å². The van der Waals surface area contributed by atoms with E-state index in [2.05, 4.69) is 5.32 Å². The van der Waals surface area contributed by atoms with Crippen LogP contribution in [0.3, 0.4) is 0 Å². The Bertz CT molecular complexity index is 442. The van der Waals surface area contributed by atoms with E-state index < -0.39 is 5.92 Å². The summed E-state index contributed by atoms with van der Waals surface area (Å²) in [6, 6.07) is 9.65. The van der Waals surface area contributed by atoms with E-state index in [9.17, 15) is 4.79 Å². The first kappa shape index (κ1) is 13.0. The van der Waals surface area contributed by atoms with E-state index in [4.69, 9.17) is 18.0 Å². The number of hydrogen-bond acceptors (Lipinski definition) is 2. The fraction of sp³-hybridized carbons (Fsp3) is 0.429. The number of benzene rings is 1. The zero-order valence-corrected chi connectivity index (χ0v) is 11.2. The fourth-order valence-electron chi connectivity index (χ4n) is 2.11. The molecule has 2 rings (SSSR count). The van der Waals surface area contributed by atoms with Crippen LogP contribution < -0.4 is 11.1 Å². The molecular weight excluding hydrogens is 244 g/mol. The average Bonchev–Trinajstić information content (AvgIpc) is 3.13. The molecule has 1 fully saturated rings. The zero-order chi connectivity index (χ0) is 13.1. The molecule has 1 aromatic carbocycles. The predicted molar refractivity (Wildman–Crippen MR) is 76.3 cm³/mol. The largest absolute Gasteiger partial charge is 0.392 e. The molecule has 1 amide bonds. The Morgan fingerprint density at radius 3 is 2.50 bits per heavy atom. The maximum Gasteiger partial charge on any atom is 0.234 e. The van der Waals surface area contributed by atoms with Crippen molar-refractivity contribution in [1.82, 2.24) is 5.32 Å². The van der Waals surface area contributed by atoms with Crippen molar-refractivity contribution < 1.29 is 4.79 Å². The molecule has 0 aliphatic heterocycles. The van der Waals surface area contributed by atoms with Gasteiger partial charge in [-0.15, -0.1) is 0 Å². The van der Waals surface area contributed by atoms with Gasteiger partial charge in [-0.05, 0) is 31.2 Å². The molecule has 96 valence electrons. The van der Waals surface area contributed by atoms with E-state index in [-0.39, 0.29) is 16.9 Å². The molecule has 0 bridgehead atoms. The van der Waals surface area contributed by atoms with Gasteiger partial charge in [0.1, 0.15) is 5.92 Å². The van der Waals surface area contributed by atoms with Gasteiger partial charge >= 0.3 is 0 Å². The second-order valence-electron chi connectivity index (χ2n) is 4.88. The number of hydrogen-bond donors (Lipinski definition) is 2. The topological polar surface area (TPSA) is 55.1 Å². The third kappa shape index (κ3) is 3.07. The van der Waals surface area contributed by atoms with E-state index >= 15 is 0 Å². The molecule has 0 heterocycles. The molecule has 18 heavy (non-hydrogen) atoms. The Labute approximate surface area is 113 Å². The highest BCUT2D eigenvalue weighted by atomic mass is 32.1. The first-order valence-electron chi connectivity index (χ1n) is 6.24. The minimum absolute atomic E-state index is 0.0897. The molecule has 2 unspecified atom stereocenters. The fourth-order valence-corrected chi connectivity index (χ4v) is 2.36. The summed E-state index contributed by atoms with van der Waals surface area (Å²) >= 11 is 5.03. The summed E-state index contributed by atoms with van der Waals surface area (Å²) in [5.41, 5.74) is 6.56. The zero-order valence-electron chi connectivity index (χ0n) is 10.4. The number of rotatable bonds is 5. The Kier molecular flexibility index (Phi) is 3.97. The lowest BCUT2D eigenvalue weighted by Crippen LogP contribution is -2.41. The third-order valence-electron chi connectivity index (χ3n) is 3.38. The van der Waals surface area contributed by atoms with Crippen molar-refractivity contribution in [2.45, 2.75) is 31.7 Å². The number of carbonyl (C=O) groups is 1. The molecule has 1 saturated carbocycles. The molecular formula is C14H18N2OS. The Balaban J connectivity index is 2.10. The highest BCUT2D eigenvalue weighted by Crippen LogP contribution is 2.32. The molecule has 1 aromatic rings. The lowest BCUT2D eigenvalue weighted by Gasteiger charge is -2.19. The van der Waals surface area contributed by atoms with Crippen LogP contribution in [0.2, 0.25) is 0 Å². The monoisotopic (exact) mass is 262 g/mol. The van der Waals surface area contributed by atoms with Gasteiger partial charge in [0, 0.05) is 6.04 Å². The molecule has 0 saturated heterocycles. The van der Waals surface area contributed by atoms with Crippen LogP contribution in [0.4, 0.5) is 0 Å². The molecule has 3 nitrogen and oxygen atoms in total. The Morgan fingerprint density at radius 2 is 2.00 bits per heavy atom. The quantitative estimate of drug-likeness (QED) is 0.798. The summed E-state index contributed by atoms with van der Waals surface area (Å²) in [6.45, 7) is 2.04. The minimum atomic E-state index is -0.526. The maximum atomic E-state index is 12.2. The van der Waals surface area contributed by atoms with Gasteiger partial charge in [-0.1, -0.05) is 42.5 Å².